The lowest BCUT2D eigenvalue weighted by atomic mass is 10.3. The van der Waals surface area contributed by atoms with Crippen LogP contribution in [0, 0.1) is 5.92 Å². The van der Waals surface area contributed by atoms with E-state index in [1.54, 1.807) is 15.8 Å². The van der Waals surface area contributed by atoms with Gasteiger partial charge in [0.15, 0.2) is 0 Å². The van der Waals surface area contributed by atoms with E-state index in [0.29, 0.717) is 17.6 Å². The van der Waals surface area contributed by atoms with Crippen LogP contribution in [-0.4, -0.2) is 27.4 Å². The minimum Gasteiger partial charge on any atom is -0.0632 e. The summed E-state index contributed by atoms with van der Waals surface area (Å²) in [6, 6.07) is 1.63. The maximum absolute atomic E-state index is 2.35. The zero-order valence-corrected chi connectivity index (χ0v) is 10.5. The predicted molar refractivity (Wildman–Crippen MR) is 46.7 cm³/mol. The Kier molecular flexibility index (Phi) is 5.25. The van der Waals surface area contributed by atoms with Gasteiger partial charge in [0.1, 0.15) is 0 Å². The second kappa shape index (κ2) is 4.80. The molecule has 0 saturated carbocycles. The Morgan fingerprint density at radius 2 is 2.14 bits per heavy atom. The van der Waals surface area contributed by atoms with Crippen LogP contribution < -0.4 is 0 Å². The second-order valence-corrected chi connectivity index (χ2v) is 18.9. The van der Waals surface area contributed by atoms with Gasteiger partial charge in [-0.2, -0.15) is 0 Å². The fourth-order valence-electron chi connectivity index (χ4n) is 0.612. The smallest absolute Gasteiger partial charge is 0.00492 e. The number of rotatable bonds is 3. The van der Waals surface area contributed by atoms with Crippen molar-refractivity contribution in [2.24, 2.45) is 5.92 Å². The van der Waals surface area contributed by atoms with Gasteiger partial charge in [0.2, 0.25) is 0 Å². The molecule has 0 bridgehead atoms. The lowest BCUT2D eigenvalue weighted by molar-refractivity contribution is 0.734. The fraction of sp³-hybridized carbons (Fsp3) is 1.00. The Labute approximate surface area is 53.7 Å². The molecule has 0 aromatic heterocycles. The largest absolute Gasteiger partial charge is 0.0632 e. The molecule has 0 aliphatic carbocycles. The van der Waals surface area contributed by atoms with E-state index in [-0.39, 0.29) is 0 Å². The van der Waals surface area contributed by atoms with Crippen LogP contribution in [0.25, 0.3) is 0 Å². The van der Waals surface area contributed by atoms with Crippen LogP contribution in [-0.2, 0) is 0 Å². The molecular weight excluding hydrogens is 132 g/mol. The summed E-state index contributed by atoms with van der Waals surface area (Å²) in [5.41, 5.74) is 0. The average Bonchev–Trinajstić information content (AvgIpc) is 1.61. The van der Waals surface area contributed by atoms with Crippen LogP contribution in [0.3, 0.4) is 0 Å². The van der Waals surface area contributed by atoms with Gasteiger partial charge in [-0.25, -0.2) is 0 Å². The van der Waals surface area contributed by atoms with Crippen LogP contribution in [0.1, 0.15) is 13.8 Å². The Bertz CT molecular complexity index is 35.9. The summed E-state index contributed by atoms with van der Waals surface area (Å²) in [5, 5.41) is 0. The van der Waals surface area contributed by atoms with Crippen molar-refractivity contribution < 1.29 is 0 Å². The first-order valence-corrected chi connectivity index (χ1v) is 13.9. The van der Waals surface area contributed by atoms with Crippen molar-refractivity contribution in [3.05, 3.63) is 0 Å². The average molecular weight is 148 g/mol. The van der Waals surface area contributed by atoms with E-state index in [4.69, 9.17) is 0 Å². The lowest BCUT2D eigenvalue weighted by Gasteiger charge is -1.97. The van der Waals surface area contributed by atoms with Crippen molar-refractivity contribution >= 4 is 27.4 Å². The molecule has 0 aromatic rings. The van der Waals surface area contributed by atoms with E-state index < -0.39 is 0 Å². The van der Waals surface area contributed by atoms with E-state index >= 15 is 0 Å². The molecule has 3 heteroatoms. The summed E-state index contributed by atoms with van der Waals surface area (Å²) in [6.45, 7) is 4.69. The molecule has 0 unspecified atom stereocenters. The summed E-state index contributed by atoms with van der Waals surface area (Å²) in [5.74, 6) is 1.02. The van der Waals surface area contributed by atoms with E-state index in [1.165, 1.54) is 0 Å². The van der Waals surface area contributed by atoms with E-state index in [9.17, 15) is 0 Å². The van der Waals surface area contributed by atoms with Gasteiger partial charge >= 0.3 is 0 Å². The summed E-state index contributed by atoms with van der Waals surface area (Å²) in [6.07, 6.45) is 0. The van der Waals surface area contributed by atoms with Crippen LogP contribution in [0.15, 0.2) is 0 Å². The lowest BCUT2D eigenvalue weighted by Crippen LogP contribution is -2.05. The molecular formula is C4H16Si3. The molecule has 0 aromatic carbocycles. The molecule has 0 rings (SSSR count). The highest BCUT2D eigenvalue weighted by atomic mass is 29.5. The standard InChI is InChI=1S/C4H16Si3/c1-4(2)3-6-7-5/h4H,3,6-7H2,1-2,5H3. The molecule has 44 valence electrons. The van der Waals surface area contributed by atoms with Gasteiger partial charge in [0.25, 0.3) is 0 Å². The summed E-state index contributed by atoms with van der Waals surface area (Å²) in [4.78, 5) is 0. The number of hydrogen-bond acceptors (Lipinski definition) is 0. The van der Waals surface area contributed by atoms with Gasteiger partial charge in [0.05, 0.1) is 0 Å². The molecule has 0 saturated heterocycles. The molecule has 0 atom stereocenters. The van der Waals surface area contributed by atoms with Gasteiger partial charge in [-0.15, -0.1) is 0 Å². The minimum absolute atomic E-state index is 0.575. The molecule has 7 heavy (non-hydrogen) atoms. The Balaban J connectivity index is 2.68. The molecule has 0 spiro atoms. The molecule has 0 nitrogen and oxygen atoms in total. The summed E-state index contributed by atoms with van der Waals surface area (Å²) >= 11 is 0. The normalized spacial score (nSPS) is 14.1. The Morgan fingerprint density at radius 1 is 1.57 bits per heavy atom. The second-order valence-electron chi connectivity index (χ2n) is 2.54. The summed E-state index contributed by atoms with van der Waals surface area (Å²) in [7, 11) is 2.82. The van der Waals surface area contributed by atoms with Crippen molar-refractivity contribution in [1.82, 2.24) is 0 Å². The van der Waals surface area contributed by atoms with E-state index in [2.05, 4.69) is 13.8 Å². The highest BCUT2D eigenvalue weighted by molar-refractivity contribution is 7.23. The highest BCUT2D eigenvalue weighted by Crippen LogP contribution is 1.95. The SMILES string of the molecule is CC(C)C[SiH2][SiH2][SiH3]. The Morgan fingerprint density at radius 3 is 2.29 bits per heavy atom. The molecule has 0 aliphatic rings. The first-order valence-electron chi connectivity index (χ1n) is 3.27. The topological polar surface area (TPSA) is 0 Å². The van der Waals surface area contributed by atoms with E-state index in [0.717, 1.165) is 5.92 Å². The molecule has 0 amide bonds. The van der Waals surface area contributed by atoms with Crippen LogP contribution in [0.2, 0.25) is 6.04 Å². The maximum Gasteiger partial charge on any atom is 0.00492 e. The molecule has 0 aliphatic heterocycles. The van der Waals surface area contributed by atoms with Gasteiger partial charge < -0.3 is 0 Å². The predicted octanol–water partition coefficient (Wildman–Crippen LogP) is -1.41. The summed E-state index contributed by atoms with van der Waals surface area (Å²) < 4.78 is 0. The van der Waals surface area contributed by atoms with Crippen molar-refractivity contribution in [2.45, 2.75) is 19.9 Å². The van der Waals surface area contributed by atoms with Crippen molar-refractivity contribution in [3.8, 4) is 0 Å². The quantitative estimate of drug-likeness (QED) is 0.432. The maximum atomic E-state index is 2.35. The van der Waals surface area contributed by atoms with Gasteiger partial charge in [-0.05, 0) is 18.3 Å². The highest BCUT2D eigenvalue weighted by Gasteiger charge is 1.89. The molecule has 0 radical (unpaired) electrons. The molecule has 0 heterocycles. The molecule has 0 N–H and O–H groups in total. The third kappa shape index (κ3) is 6.65. The zero-order valence-electron chi connectivity index (χ0n) is 5.70. The van der Waals surface area contributed by atoms with Crippen LogP contribution in [0.4, 0.5) is 0 Å². The monoisotopic (exact) mass is 148 g/mol. The van der Waals surface area contributed by atoms with Crippen LogP contribution in [0.5, 0.6) is 0 Å². The third-order valence-electron chi connectivity index (χ3n) is 1.14. The van der Waals surface area contributed by atoms with Crippen molar-refractivity contribution in [3.63, 3.8) is 0 Å². The first-order chi connectivity index (χ1) is 3.27. The zero-order chi connectivity index (χ0) is 5.70. The minimum atomic E-state index is 0.575. The fourth-order valence-corrected chi connectivity index (χ4v) is 9.19. The van der Waals surface area contributed by atoms with Crippen LogP contribution >= 0.6 is 0 Å². The van der Waals surface area contributed by atoms with Crippen molar-refractivity contribution in [1.29, 1.82) is 0 Å². The first kappa shape index (κ1) is 7.65. The van der Waals surface area contributed by atoms with Crippen molar-refractivity contribution in [2.75, 3.05) is 0 Å². The molecule has 0 fully saturated rings. The van der Waals surface area contributed by atoms with Gasteiger partial charge in [-0.3, -0.25) is 0 Å². The number of hydrogen-bond donors (Lipinski definition) is 0. The van der Waals surface area contributed by atoms with Gasteiger partial charge in [0, 0.05) is 9.04 Å². The Hall–Kier alpha value is 0.651. The third-order valence-corrected chi connectivity index (χ3v) is 13.1. The van der Waals surface area contributed by atoms with E-state index in [1.807, 2.05) is 0 Å². The van der Waals surface area contributed by atoms with Gasteiger partial charge in [-0.1, -0.05) is 25.8 Å².